The van der Waals surface area contributed by atoms with Gasteiger partial charge in [0.05, 0.1) is 0 Å². The van der Waals surface area contributed by atoms with E-state index in [0.29, 0.717) is 16.1 Å². The van der Waals surface area contributed by atoms with E-state index in [1.165, 1.54) is 18.2 Å². The van der Waals surface area contributed by atoms with Crippen LogP contribution in [0.15, 0.2) is 36.4 Å². The molecular formula is C18H24ClF3. The van der Waals surface area contributed by atoms with E-state index in [0.717, 1.165) is 6.07 Å². The molecule has 0 aliphatic rings. The molecule has 0 fully saturated rings. The van der Waals surface area contributed by atoms with Crippen molar-refractivity contribution in [2.24, 2.45) is 0 Å². The molecule has 0 atom stereocenters. The molecular weight excluding hydrogens is 309 g/mol. The first-order valence-corrected chi connectivity index (χ1v) is 7.60. The number of benzene rings is 2. The van der Waals surface area contributed by atoms with Crippen LogP contribution >= 0.6 is 11.6 Å². The fourth-order valence-corrected chi connectivity index (χ4v) is 1.42. The third kappa shape index (κ3) is 10.3. The summed E-state index contributed by atoms with van der Waals surface area (Å²) in [5.74, 6) is -1.29. The highest BCUT2D eigenvalue weighted by molar-refractivity contribution is 6.30. The normalized spacial score (nSPS) is 8.45. The van der Waals surface area contributed by atoms with E-state index in [-0.39, 0.29) is 5.82 Å². The summed E-state index contributed by atoms with van der Waals surface area (Å²) in [6, 6.07) is 8.04. The highest BCUT2D eigenvalue weighted by Gasteiger charge is 1.95. The topological polar surface area (TPSA) is 0 Å². The Labute approximate surface area is 136 Å². The van der Waals surface area contributed by atoms with Gasteiger partial charge in [0.15, 0.2) is 0 Å². The number of hydrogen-bond donors (Lipinski definition) is 0. The van der Waals surface area contributed by atoms with Crippen LogP contribution in [0.3, 0.4) is 0 Å². The summed E-state index contributed by atoms with van der Waals surface area (Å²) in [5, 5.41) is 0.443. The van der Waals surface area contributed by atoms with Crippen molar-refractivity contribution >= 4 is 11.6 Å². The Morgan fingerprint density at radius 2 is 1.18 bits per heavy atom. The van der Waals surface area contributed by atoms with Crippen molar-refractivity contribution < 1.29 is 13.2 Å². The van der Waals surface area contributed by atoms with Gasteiger partial charge in [0.1, 0.15) is 17.5 Å². The lowest BCUT2D eigenvalue weighted by Crippen LogP contribution is -1.80. The minimum Gasteiger partial charge on any atom is -0.207 e. The number of aryl methyl sites for hydroxylation is 2. The van der Waals surface area contributed by atoms with Gasteiger partial charge in [-0.25, -0.2) is 13.2 Å². The minimum absolute atomic E-state index is 0.248. The van der Waals surface area contributed by atoms with E-state index in [9.17, 15) is 13.2 Å². The fourth-order valence-electron chi connectivity index (χ4n) is 1.26. The Bertz CT molecular complexity index is 489. The quantitative estimate of drug-likeness (QED) is 0.482. The summed E-state index contributed by atoms with van der Waals surface area (Å²) >= 11 is 5.48. The molecule has 0 saturated heterocycles. The number of rotatable bonds is 0. The van der Waals surface area contributed by atoms with Gasteiger partial charge in [-0.05, 0) is 49.2 Å². The van der Waals surface area contributed by atoms with Crippen molar-refractivity contribution in [3.63, 3.8) is 0 Å². The van der Waals surface area contributed by atoms with Crippen molar-refractivity contribution in [3.05, 3.63) is 70.0 Å². The molecule has 0 spiro atoms. The lowest BCUT2D eigenvalue weighted by atomic mass is 10.2. The summed E-state index contributed by atoms with van der Waals surface area (Å²) in [6.45, 7) is 11.3. The smallest absolute Gasteiger partial charge is 0.127 e. The van der Waals surface area contributed by atoms with Crippen LogP contribution in [-0.4, -0.2) is 0 Å². The van der Waals surface area contributed by atoms with E-state index in [2.05, 4.69) is 0 Å². The average Bonchev–Trinajstić information content (AvgIpc) is 2.47. The molecule has 0 nitrogen and oxygen atoms in total. The summed E-state index contributed by atoms with van der Waals surface area (Å²) in [5.41, 5.74) is 1.23. The van der Waals surface area contributed by atoms with Crippen LogP contribution in [0.5, 0.6) is 0 Å². The molecule has 0 bridgehead atoms. The van der Waals surface area contributed by atoms with Gasteiger partial charge in [0, 0.05) is 11.1 Å². The van der Waals surface area contributed by atoms with Crippen LogP contribution in [0.4, 0.5) is 13.2 Å². The second-order valence-corrected chi connectivity index (χ2v) is 4.28. The van der Waals surface area contributed by atoms with E-state index < -0.39 is 11.6 Å². The summed E-state index contributed by atoms with van der Waals surface area (Å²) in [6.07, 6.45) is 0. The van der Waals surface area contributed by atoms with Gasteiger partial charge >= 0.3 is 0 Å². The molecule has 124 valence electrons. The van der Waals surface area contributed by atoms with Crippen LogP contribution in [0, 0.1) is 31.3 Å². The second kappa shape index (κ2) is 13.2. The van der Waals surface area contributed by atoms with Crippen molar-refractivity contribution in [2.45, 2.75) is 41.5 Å². The number of hydrogen-bond acceptors (Lipinski definition) is 0. The maximum atomic E-state index is 12.5. The summed E-state index contributed by atoms with van der Waals surface area (Å²) in [7, 11) is 0. The molecule has 0 aliphatic carbocycles. The Hall–Kier alpha value is -1.48. The zero-order valence-electron chi connectivity index (χ0n) is 14.0. The third-order valence-corrected chi connectivity index (χ3v) is 2.38. The Kier molecular flexibility index (Phi) is 13.7. The molecule has 0 unspecified atom stereocenters. The van der Waals surface area contributed by atoms with E-state index in [1.807, 2.05) is 27.7 Å². The molecule has 2 rings (SSSR count). The van der Waals surface area contributed by atoms with Crippen LogP contribution in [-0.2, 0) is 0 Å². The Morgan fingerprint density at radius 1 is 0.727 bits per heavy atom. The molecule has 2 aromatic rings. The van der Waals surface area contributed by atoms with Crippen LogP contribution in [0.25, 0.3) is 0 Å². The lowest BCUT2D eigenvalue weighted by molar-refractivity contribution is 0.581. The standard InChI is InChI=1S/C7H6ClF.C7H6F2.2C2H6/c1-5-2-3-6(8)4-7(5)9;1-5-2-6(8)4-7(9)3-5;2*1-2/h2*2-4H,1H3;2*1-2H3. The molecule has 0 amide bonds. The Morgan fingerprint density at radius 3 is 1.50 bits per heavy atom. The van der Waals surface area contributed by atoms with Crippen molar-refractivity contribution in [3.8, 4) is 0 Å². The maximum absolute atomic E-state index is 12.5. The third-order valence-electron chi connectivity index (χ3n) is 2.14. The SMILES string of the molecule is CC.CC.Cc1cc(F)cc(F)c1.Cc1ccc(Cl)cc1F. The summed E-state index contributed by atoms with van der Waals surface area (Å²) < 4.78 is 36.9. The van der Waals surface area contributed by atoms with E-state index in [1.54, 1.807) is 26.0 Å². The predicted octanol–water partition coefficient (Wildman–Crippen LogP) is 7.11. The van der Waals surface area contributed by atoms with Crippen LogP contribution < -0.4 is 0 Å². The maximum Gasteiger partial charge on any atom is 0.127 e. The zero-order chi connectivity index (χ0) is 17.7. The van der Waals surface area contributed by atoms with Gasteiger partial charge < -0.3 is 0 Å². The first-order chi connectivity index (χ1) is 10.4. The molecule has 22 heavy (non-hydrogen) atoms. The van der Waals surface area contributed by atoms with Gasteiger partial charge in [-0.1, -0.05) is 45.4 Å². The van der Waals surface area contributed by atoms with Crippen molar-refractivity contribution in [2.75, 3.05) is 0 Å². The summed E-state index contributed by atoms with van der Waals surface area (Å²) in [4.78, 5) is 0. The van der Waals surface area contributed by atoms with Crippen LogP contribution in [0.2, 0.25) is 5.02 Å². The Balaban J connectivity index is 0. The van der Waals surface area contributed by atoms with E-state index >= 15 is 0 Å². The van der Waals surface area contributed by atoms with Gasteiger partial charge in [-0.15, -0.1) is 0 Å². The monoisotopic (exact) mass is 332 g/mol. The van der Waals surface area contributed by atoms with E-state index in [4.69, 9.17) is 11.6 Å². The molecule has 0 saturated carbocycles. The lowest BCUT2D eigenvalue weighted by Gasteiger charge is -1.93. The minimum atomic E-state index is -0.521. The van der Waals surface area contributed by atoms with Crippen LogP contribution in [0.1, 0.15) is 38.8 Å². The zero-order valence-corrected chi connectivity index (χ0v) is 14.7. The van der Waals surface area contributed by atoms with Crippen molar-refractivity contribution in [1.29, 1.82) is 0 Å². The van der Waals surface area contributed by atoms with Crippen molar-refractivity contribution in [1.82, 2.24) is 0 Å². The molecule has 0 N–H and O–H groups in total. The molecule has 4 heteroatoms. The predicted molar refractivity (Wildman–Crippen MR) is 89.9 cm³/mol. The van der Waals surface area contributed by atoms with Gasteiger partial charge in [0.2, 0.25) is 0 Å². The average molecular weight is 333 g/mol. The molecule has 0 radical (unpaired) electrons. The van der Waals surface area contributed by atoms with Gasteiger partial charge in [-0.3, -0.25) is 0 Å². The highest BCUT2D eigenvalue weighted by Crippen LogP contribution is 2.12. The van der Waals surface area contributed by atoms with Gasteiger partial charge in [0.25, 0.3) is 0 Å². The number of halogens is 4. The molecule has 2 aromatic carbocycles. The first kappa shape index (κ1) is 22.8. The second-order valence-electron chi connectivity index (χ2n) is 3.84. The van der Waals surface area contributed by atoms with Gasteiger partial charge in [-0.2, -0.15) is 0 Å². The fraction of sp³-hybridized carbons (Fsp3) is 0.333. The molecule has 0 aromatic heterocycles. The molecule has 0 aliphatic heterocycles. The highest BCUT2D eigenvalue weighted by atomic mass is 35.5. The largest absolute Gasteiger partial charge is 0.207 e. The molecule has 0 heterocycles. The first-order valence-electron chi connectivity index (χ1n) is 7.23.